The summed E-state index contributed by atoms with van der Waals surface area (Å²) in [7, 11) is 0. The van der Waals surface area contributed by atoms with Crippen molar-refractivity contribution in [3.8, 4) is 5.75 Å². The van der Waals surface area contributed by atoms with Gasteiger partial charge in [-0.25, -0.2) is 9.97 Å². The first-order chi connectivity index (χ1) is 15.1. The molecule has 2 aromatic carbocycles. The Balaban J connectivity index is 1.87. The summed E-state index contributed by atoms with van der Waals surface area (Å²) in [6.07, 6.45) is 2.94. The second-order valence-electron chi connectivity index (χ2n) is 7.65. The molecule has 5 aromatic rings. The first-order valence-corrected chi connectivity index (χ1v) is 10.7. The Hall–Kier alpha value is -3.67. The van der Waals surface area contributed by atoms with Crippen LogP contribution in [-0.4, -0.2) is 24.9 Å². The van der Waals surface area contributed by atoms with Gasteiger partial charge < -0.3 is 9.30 Å². The molecule has 3 heterocycles. The van der Waals surface area contributed by atoms with E-state index >= 15 is 0 Å². The zero-order chi connectivity index (χ0) is 21.5. The predicted octanol–water partition coefficient (Wildman–Crippen LogP) is 5.32. The van der Waals surface area contributed by atoms with E-state index in [4.69, 9.17) is 14.7 Å². The van der Waals surface area contributed by atoms with Crippen LogP contribution in [0, 0.1) is 0 Å². The van der Waals surface area contributed by atoms with Crippen LogP contribution in [0.2, 0.25) is 0 Å². The predicted molar refractivity (Wildman–Crippen MR) is 122 cm³/mol. The highest BCUT2D eigenvalue weighted by Crippen LogP contribution is 2.36. The lowest BCUT2D eigenvalue weighted by atomic mass is 10.1. The minimum atomic E-state index is -0.278. The van der Waals surface area contributed by atoms with Gasteiger partial charge in [-0.05, 0) is 24.6 Å². The Bertz CT molecular complexity index is 1420. The maximum atomic E-state index is 12.2. The second kappa shape index (κ2) is 7.54. The van der Waals surface area contributed by atoms with Crippen molar-refractivity contribution < 1.29 is 9.53 Å². The smallest absolute Gasteiger partial charge is 0.310 e. The molecule has 31 heavy (non-hydrogen) atoms. The maximum Gasteiger partial charge on any atom is 0.310 e. The van der Waals surface area contributed by atoms with Gasteiger partial charge in [0.15, 0.2) is 11.4 Å². The topological polar surface area (TPSA) is 61.4 Å². The quantitative estimate of drug-likeness (QED) is 0.366. The molecule has 0 N–H and O–H groups in total. The second-order valence-corrected chi connectivity index (χ2v) is 7.65. The molecule has 6 heteroatoms. The van der Waals surface area contributed by atoms with Gasteiger partial charge in [-0.2, -0.15) is 0 Å². The molecule has 0 saturated carbocycles. The van der Waals surface area contributed by atoms with Crippen LogP contribution in [0.25, 0.3) is 27.7 Å². The van der Waals surface area contributed by atoms with E-state index in [2.05, 4.69) is 34.9 Å². The van der Waals surface area contributed by atoms with Crippen LogP contribution in [0.1, 0.15) is 44.6 Å². The zero-order valence-corrected chi connectivity index (χ0v) is 17.9. The van der Waals surface area contributed by atoms with Crippen LogP contribution < -0.4 is 4.74 Å². The molecule has 0 spiro atoms. The SMILES string of the molecule is CCC(=O)Oc1cn([C@@H](C)c2ccccc2)c2nc(CC)n3c4ccccc4nc3c12. The van der Waals surface area contributed by atoms with Crippen molar-refractivity contribution >= 4 is 33.7 Å². The molecule has 3 aromatic heterocycles. The molecule has 0 unspecified atom stereocenters. The van der Waals surface area contributed by atoms with E-state index in [1.54, 1.807) is 6.92 Å². The summed E-state index contributed by atoms with van der Waals surface area (Å²) in [6.45, 7) is 6.01. The third kappa shape index (κ3) is 3.06. The summed E-state index contributed by atoms with van der Waals surface area (Å²) >= 11 is 0. The number of fused-ring (bicyclic) bond motifs is 5. The third-order valence-corrected chi connectivity index (χ3v) is 5.78. The zero-order valence-electron chi connectivity index (χ0n) is 17.9. The highest BCUT2D eigenvalue weighted by molar-refractivity contribution is 6.01. The lowest BCUT2D eigenvalue weighted by molar-refractivity contribution is -0.133. The molecule has 0 bridgehead atoms. The number of imidazole rings is 1. The van der Waals surface area contributed by atoms with Crippen LogP contribution in [0.5, 0.6) is 5.75 Å². The Morgan fingerprint density at radius 3 is 2.48 bits per heavy atom. The number of para-hydroxylation sites is 2. The third-order valence-electron chi connectivity index (χ3n) is 5.78. The lowest BCUT2D eigenvalue weighted by Gasteiger charge is -2.15. The van der Waals surface area contributed by atoms with Crippen molar-refractivity contribution in [1.82, 2.24) is 18.9 Å². The Morgan fingerprint density at radius 2 is 1.74 bits per heavy atom. The van der Waals surface area contributed by atoms with Crippen molar-refractivity contribution in [2.45, 2.75) is 39.7 Å². The number of nitrogens with zero attached hydrogens (tertiary/aromatic N) is 4. The number of ether oxygens (including phenoxy) is 1. The lowest BCUT2D eigenvalue weighted by Crippen LogP contribution is -2.08. The van der Waals surface area contributed by atoms with Crippen molar-refractivity contribution in [3.63, 3.8) is 0 Å². The standard InChI is InChI=1S/C25H24N4O2/c1-4-21-27-24-23(25-26-18-13-9-10-14-19(18)29(21)25)20(31-22(30)5-2)15-28(24)16(3)17-11-7-6-8-12-17/h6-16H,4-5H2,1-3H3/t16-/m0/s1. The van der Waals surface area contributed by atoms with Gasteiger partial charge in [0.1, 0.15) is 16.9 Å². The molecule has 0 aliphatic heterocycles. The van der Waals surface area contributed by atoms with E-state index in [0.29, 0.717) is 12.2 Å². The van der Waals surface area contributed by atoms with Crippen molar-refractivity contribution in [2.24, 2.45) is 0 Å². The van der Waals surface area contributed by atoms with Crippen molar-refractivity contribution in [1.29, 1.82) is 0 Å². The number of aromatic nitrogens is 4. The minimum absolute atomic E-state index is 0.0156. The van der Waals surface area contributed by atoms with Crippen LogP contribution in [0.4, 0.5) is 0 Å². The van der Waals surface area contributed by atoms with Gasteiger partial charge in [-0.1, -0.05) is 56.3 Å². The summed E-state index contributed by atoms with van der Waals surface area (Å²) in [5.74, 6) is 1.14. The van der Waals surface area contributed by atoms with Gasteiger partial charge in [0.2, 0.25) is 0 Å². The summed E-state index contributed by atoms with van der Waals surface area (Å²) in [6, 6.07) is 18.3. The summed E-state index contributed by atoms with van der Waals surface area (Å²) in [4.78, 5) is 22.2. The van der Waals surface area contributed by atoms with E-state index < -0.39 is 0 Å². The average molecular weight is 412 g/mol. The molecule has 5 rings (SSSR count). The summed E-state index contributed by atoms with van der Waals surface area (Å²) in [5.41, 5.74) is 4.58. The van der Waals surface area contributed by atoms with E-state index in [1.807, 2.05) is 48.7 Å². The largest absolute Gasteiger partial charge is 0.424 e. The van der Waals surface area contributed by atoms with E-state index in [9.17, 15) is 4.79 Å². The molecule has 0 aliphatic rings. The highest BCUT2D eigenvalue weighted by Gasteiger charge is 2.24. The molecule has 156 valence electrons. The Kier molecular flexibility index (Phi) is 4.70. The van der Waals surface area contributed by atoms with Gasteiger partial charge in [0.05, 0.1) is 23.3 Å². The highest BCUT2D eigenvalue weighted by atomic mass is 16.5. The van der Waals surface area contributed by atoms with Crippen LogP contribution >= 0.6 is 0 Å². The fraction of sp³-hybridized carbons (Fsp3) is 0.240. The summed E-state index contributed by atoms with van der Waals surface area (Å²) in [5, 5.41) is 0.762. The van der Waals surface area contributed by atoms with E-state index in [0.717, 1.165) is 45.5 Å². The molecule has 0 amide bonds. The molecule has 6 nitrogen and oxygen atoms in total. The molecule has 0 aliphatic carbocycles. The summed E-state index contributed by atoms with van der Waals surface area (Å²) < 4.78 is 9.93. The monoisotopic (exact) mass is 412 g/mol. The normalized spacial score (nSPS) is 12.6. The number of carbonyl (C=O) groups is 1. The van der Waals surface area contributed by atoms with Gasteiger partial charge in [-0.15, -0.1) is 0 Å². The number of aryl methyl sites for hydroxylation is 1. The fourth-order valence-corrected chi connectivity index (χ4v) is 4.14. The molecular formula is C25H24N4O2. The Morgan fingerprint density at radius 1 is 1.00 bits per heavy atom. The first kappa shape index (κ1) is 19.3. The van der Waals surface area contributed by atoms with Gasteiger partial charge in [-0.3, -0.25) is 9.20 Å². The van der Waals surface area contributed by atoms with Gasteiger partial charge in [0.25, 0.3) is 0 Å². The van der Waals surface area contributed by atoms with E-state index in [-0.39, 0.29) is 12.0 Å². The van der Waals surface area contributed by atoms with Crippen LogP contribution in [-0.2, 0) is 11.2 Å². The Labute approximate surface area is 180 Å². The maximum absolute atomic E-state index is 12.2. The number of esters is 1. The van der Waals surface area contributed by atoms with Crippen molar-refractivity contribution in [2.75, 3.05) is 0 Å². The van der Waals surface area contributed by atoms with Gasteiger partial charge in [0, 0.05) is 12.8 Å². The molecule has 0 saturated heterocycles. The van der Waals surface area contributed by atoms with Crippen LogP contribution in [0.15, 0.2) is 60.8 Å². The number of carbonyl (C=O) groups excluding carboxylic acids is 1. The molecule has 1 atom stereocenters. The average Bonchev–Trinajstić information content (AvgIpc) is 3.37. The molecule has 0 fully saturated rings. The minimum Gasteiger partial charge on any atom is -0.424 e. The number of rotatable bonds is 5. The molecular weight excluding hydrogens is 388 g/mol. The van der Waals surface area contributed by atoms with Crippen LogP contribution in [0.3, 0.4) is 0 Å². The fourth-order valence-electron chi connectivity index (χ4n) is 4.14. The number of hydrogen-bond acceptors (Lipinski definition) is 4. The van der Waals surface area contributed by atoms with Gasteiger partial charge >= 0.3 is 5.97 Å². The van der Waals surface area contributed by atoms with E-state index in [1.165, 1.54) is 0 Å². The van der Waals surface area contributed by atoms with Crippen molar-refractivity contribution in [3.05, 3.63) is 72.2 Å². The number of hydrogen-bond donors (Lipinski definition) is 0. The first-order valence-electron chi connectivity index (χ1n) is 10.7. The molecule has 0 radical (unpaired) electrons. The number of benzene rings is 2.